The van der Waals surface area contributed by atoms with Crippen molar-refractivity contribution in [3.05, 3.63) is 80.4 Å². The monoisotopic (exact) mass is 450 g/mol. The van der Waals surface area contributed by atoms with Crippen molar-refractivity contribution in [3.63, 3.8) is 0 Å². The van der Waals surface area contributed by atoms with Crippen molar-refractivity contribution in [3.8, 4) is 0 Å². The van der Waals surface area contributed by atoms with Crippen LogP contribution in [0.1, 0.15) is 68.7 Å². The third-order valence-corrected chi connectivity index (χ3v) is 5.87. The molecule has 1 unspecified atom stereocenters. The maximum atomic E-state index is 13.5. The molecular weight excluding hydrogens is 420 g/mol. The number of nitro groups is 1. The van der Waals surface area contributed by atoms with Crippen molar-refractivity contribution in [2.45, 2.75) is 59.0 Å². The van der Waals surface area contributed by atoms with Crippen LogP contribution >= 0.6 is 0 Å². The summed E-state index contributed by atoms with van der Waals surface area (Å²) in [6, 6.07) is 12.5. The first-order chi connectivity index (χ1) is 15.9. The minimum absolute atomic E-state index is 0.131. The number of nitrogens with zero attached hydrogens (tertiary/aromatic N) is 4. The summed E-state index contributed by atoms with van der Waals surface area (Å²) >= 11 is 0. The Morgan fingerprint density at radius 3 is 2.58 bits per heavy atom. The average Bonchev–Trinajstić information content (AvgIpc) is 2.83. The molecule has 0 saturated heterocycles. The van der Waals surface area contributed by atoms with Crippen LogP contribution in [0.5, 0.6) is 0 Å². The van der Waals surface area contributed by atoms with Gasteiger partial charge >= 0.3 is 0 Å². The molecule has 1 aromatic heterocycles. The first-order valence-corrected chi connectivity index (χ1v) is 11.4. The first kappa shape index (κ1) is 24.1. The maximum Gasteiger partial charge on any atom is 0.270 e. The van der Waals surface area contributed by atoms with E-state index < -0.39 is 11.0 Å². The minimum atomic E-state index is -0.508. The molecule has 1 amide bonds. The number of amides is 1. The summed E-state index contributed by atoms with van der Waals surface area (Å²) in [7, 11) is 0. The minimum Gasteiger partial charge on any atom is -0.329 e. The lowest BCUT2D eigenvalue weighted by atomic mass is 10.1. The summed E-state index contributed by atoms with van der Waals surface area (Å²) in [6.45, 7) is 6.74. The number of nitro benzene ring substituents is 1. The van der Waals surface area contributed by atoms with Gasteiger partial charge in [0.15, 0.2) is 0 Å². The number of carbonyl (C=O) groups is 1. The number of non-ortho nitro benzene ring substituents is 1. The molecule has 0 aliphatic rings. The summed E-state index contributed by atoms with van der Waals surface area (Å²) < 4.78 is 1.60. The van der Waals surface area contributed by atoms with E-state index in [4.69, 9.17) is 4.98 Å². The molecule has 8 heteroatoms. The van der Waals surface area contributed by atoms with Gasteiger partial charge in [0, 0.05) is 30.8 Å². The van der Waals surface area contributed by atoms with Gasteiger partial charge in [-0.05, 0) is 38.5 Å². The Balaban J connectivity index is 2.05. The number of fused-ring (bicyclic) bond motifs is 1. The third kappa shape index (κ3) is 5.27. The van der Waals surface area contributed by atoms with Crippen LogP contribution in [0.2, 0.25) is 0 Å². The van der Waals surface area contributed by atoms with Gasteiger partial charge in [-0.1, -0.05) is 44.4 Å². The molecule has 0 bridgehead atoms. The van der Waals surface area contributed by atoms with Crippen LogP contribution in [-0.4, -0.2) is 31.8 Å². The van der Waals surface area contributed by atoms with E-state index in [1.807, 2.05) is 19.9 Å². The van der Waals surface area contributed by atoms with Gasteiger partial charge in [-0.25, -0.2) is 4.98 Å². The van der Waals surface area contributed by atoms with Crippen LogP contribution in [0, 0.1) is 10.1 Å². The number of aromatic nitrogens is 2. The molecule has 0 aliphatic heterocycles. The highest BCUT2D eigenvalue weighted by Gasteiger charge is 2.27. The van der Waals surface area contributed by atoms with Crippen molar-refractivity contribution < 1.29 is 9.72 Å². The first-order valence-electron chi connectivity index (χ1n) is 11.4. The van der Waals surface area contributed by atoms with Crippen LogP contribution in [0.4, 0.5) is 5.69 Å². The predicted octanol–water partition coefficient (Wildman–Crippen LogP) is 5.11. The Labute approximate surface area is 193 Å². The lowest BCUT2D eigenvalue weighted by Crippen LogP contribution is -2.38. The fraction of sp³-hybridized carbons (Fsp3) is 0.400. The lowest BCUT2D eigenvalue weighted by molar-refractivity contribution is -0.384. The van der Waals surface area contributed by atoms with Gasteiger partial charge < -0.3 is 4.90 Å². The second kappa shape index (κ2) is 10.8. The van der Waals surface area contributed by atoms with Crippen LogP contribution in [0.15, 0.2) is 53.3 Å². The SMILES string of the molecule is CCCCCCN(C(=O)c1cccc([N+](=O)[O-])c1)C(C)c1nc2ccccc2c(=O)n1CC. The van der Waals surface area contributed by atoms with E-state index in [-0.39, 0.29) is 22.7 Å². The Morgan fingerprint density at radius 1 is 1.12 bits per heavy atom. The van der Waals surface area contributed by atoms with Gasteiger partial charge in [-0.2, -0.15) is 0 Å². The highest BCUT2D eigenvalue weighted by molar-refractivity contribution is 5.95. The van der Waals surface area contributed by atoms with Crippen molar-refractivity contribution >= 4 is 22.5 Å². The Hall–Kier alpha value is -3.55. The zero-order valence-corrected chi connectivity index (χ0v) is 19.4. The van der Waals surface area contributed by atoms with Crippen LogP contribution in [-0.2, 0) is 6.54 Å². The predicted molar refractivity (Wildman–Crippen MR) is 128 cm³/mol. The van der Waals surface area contributed by atoms with Crippen LogP contribution < -0.4 is 5.56 Å². The van der Waals surface area contributed by atoms with E-state index in [0.717, 1.165) is 25.7 Å². The molecule has 8 nitrogen and oxygen atoms in total. The average molecular weight is 451 g/mol. The lowest BCUT2D eigenvalue weighted by Gasteiger charge is -2.30. The number of hydrogen-bond acceptors (Lipinski definition) is 5. The molecule has 0 radical (unpaired) electrons. The molecule has 0 aliphatic carbocycles. The molecule has 3 rings (SSSR count). The number of hydrogen-bond donors (Lipinski definition) is 0. The summed E-state index contributed by atoms with van der Waals surface area (Å²) in [5, 5.41) is 11.8. The molecule has 0 saturated carbocycles. The molecule has 174 valence electrons. The van der Waals surface area contributed by atoms with E-state index in [1.165, 1.54) is 18.2 Å². The Morgan fingerprint density at radius 2 is 1.88 bits per heavy atom. The zero-order valence-electron chi connectivity index (χ0n) is 19.4. The number of unbranched alkanes of at least 4 members (excludes halogenated alkanes) is 3. The van der Waals surface area contributed by atoms with Crippen molar-refractivity contribution in [1.82, 2.24) is 14.5 Å². The van der Waals surface area contributed by atoms with Crippen molar-refractivity contribution in [2.24, 2.45) is 0 Å². The van der Waals surface area contributed by atoms with Gasteiger partial charge in [0.05, 0.1) is 21.9 Å². The number of carbonyl (C=O) groups excluding carboxylic acids is 1. The van der Waals surface area contributed by atoms with E-state index in [0.29, 0.717) is 29.8 Å². The summed E-state index contributed by atoms with van der Waals surface area (Å²) in [5.74, 6) is 0.197. The van der Waals surface area contributed by atoms with E-state index in [2.05, 4.69) is 6.92 Å². The molecule has 2 aromatic carbocycles. The summed E-state index contributed by atoms with van der Waals surface area (Å²) in [6.07, 6.45) is 3.88. The number of rotatable bonds is 10. The summed E-state index contributed by atoms with van der Waals surface area (Å²) in [5.41, 5.74) is 0.563. The van der Waals surface area contributed by atoms with Gasteiger partial charge in [0.2, 0.25) is 0 Å². The largest absolute Gasteiger partial charge is 0.329 e. The normalized spacial score (nSPS) is 12.0. The van der Waals surface area contributed by atoms with Gasteiger partial charge in [-0.3, -0.25) is 24.3 Å². The molecule has 33 heavy (non-hydrogen) atoms. The van der Waals surface area contributed by atoms with E-state index in [1.54, 1.807) is 33.7 Å². The van der Waals surface area contributed by atoms with E-state index in [9.17, 15) is 19.7 Å². The molecule has 1 heterocycles. The van der Waals surface area contributed by atoms with Crippen LogP contribution in [0.25, 0.3) is 10.9 Å². The van der Waals surface area contributed by atoms with Crippen LogP contribution in [0.3, 0.4) is 0 Å². The third-order valence-electron chi connectivity index (χ3n) is 5.87. The topological polar surface area (TPSA) is 98.3 Å². The maximum absolute atomic E-state index is 13.5. The number of benzene rings is 2. The quantitative estimate of drug-likeness (QED) is 0.243. The highest BCUT2D eigenvalue weighted by atomic mass is 16.6. The molecule has 0 fully saturated rings. The molecular formula is C25H30N4O4. The Kier molecular flexibility index (Phi) is 7.92. The van der Waals surface area contributed by atoms with Gasteiger partial charge in [0.25, 0.3) is 17.2 Å². The second-order valence-corrected chi connectivity index (χ2v) is 8.08. The van der Waals surface area contributed by atoms with Gasteiger partial charge in [0.1, 0.15) is 5.82 Å². The fourth-order valence-corrected chi connectivity index (χ4v) is 4.05. The summed E-state index contributed by atoms with van der Waals surface area (Å²) in [4.78, 5) is 43.8. The highest BCUT2D eigenvalue weighted by Crippen LogP contribution is 2.24. The molecule has 0 spiro atoms. The number of para-hydroxylation sites is 1. The van der Waals surface area contributed by atoms with Crippen molar-refractivity contribution in [2.75, 3.05) is 6.54 Å². The fourth-order valence-electron chi connectivity index (χ4n) is 4.05. The molecule has 0 N–H and O–H groups in total. The Bertz CT molecular complexity index is 1200. The molecule has 3 aromatic rings. The zero-order chi connectivity index (χ0) is 24.0. The standard InChI is InChI=1S/C25H30N4O4/c1-4-6-7-10-16-28(24(30)19-12-11-13-20(17-19)29(32)33)18(3)23-26-22-15-9-8-14-21(22)25(31)27(23)5-2/h8-9,11-15,17-18H,4-7,10,16H2,1-3H3. The smallest absolute Gasteiger partial charge is 0.270 e. The van der Waals surface area contributed by atoms with Crippen molar-refractivity contribution in [1.29, 1.82) is 0 Å². The second-order valence-electron chi connectivity index (χ2n) is 8.08. The van der Waals surface area contributed by atoms with E-state index >= 15 is 0 Å². The molecule has 1 atom stereocenters. The van der Waals surface area contributed by atoms with Gasteiger partial charge in [-0.15, -0.1) is 0 Å².